The maximum absolute atomic E-state index is 14.2. The van der Waals surface area contributed by atoms with Crippen molar-refractivity contribution in [2.75, 3.05) is 19.7 Å². The van der Waals surface area contributed by atoms with Gasteiger partial charge in [-0.15, -0.1) is 10.2 Å². The van der Waals surface area contributed by atoms with Crippen LogP contribution in [0.4, 0.5) is 4.39 Å². The first-order chi connectivity index (χ1) is 15.3. The van der Waals surface area contributed by atoms with Crippen molar-refractivity contribution in [1.29, 1.82) is 0 Å². The zero-order chi connectivity index (χ0) is 22.5. The van der Waals surface area contributed by atoms with Crippen molar-refractivity contribution in [3.05, 3.63) is 54.0 Å². The fourth-order valence-corrected chi connectivity index (χ4v) is 4.41. The smallest absolute Gasteiger partial charge is 0.187 e. The van der Waals surface area contributed by atoms with Crippen LogP contribution >= 0.6 is 0 Å². The zero-order valence-electron chi connectivity index (χ0n) is 18.5. The van der Waals surface area contributed by atoms with Crippen molar-refractivity contribution in [1.82, 2.24) is 24.5 Å². The molecule has 1 aliphatic heterocycles. The standard InChI is InChI=1S/C24H27FN6O/c1-4-32-21-12-20-16(11-18(21)25)5-7-19(27-20)23-29-28-22-8-6-17(13-31(22)23)15(2)30-10-9-24(3,26)14-30/h5-8,11-13,15H,4,9-10,14,26H2,1-3H3/t15-,24+/m0/s1. The third-order valence-electron chi connectivity index (χ3n) is 6.26. The number of nitrogens with two attached hydrogens (primary N) is 1. The second kappa shape index (κ2) is 7.79. The fourth-order valence-electron chi connectivity index (χ4n) is 4.41. The molecule has 1 aliphatic rings. The van der Waals surface area contributed by atoms with Crippen LogP contribution in [-0.4, -0.2) is 49.7 Å². The van der Waals surface area contributed by atoms with Crippen LogP contribution in [0, 0.1) is 5.82 Å². The van der Waals surface area contributed by atoms with Gasteiger partial charge in [0, 0.05) is 42.3 Å². The van der Waals surface area contributed by atoms with Crippen molar-refractivity contribution < 1.29 is 9.13 Å². The molecule has 0 radical (unpaired) electrons. The molecule has 4 aromatic rings. The first-order valence-electron chi connectivity index (χ1n) is 11.0. The Bertz CT molecular complexity index is 1300. The predicted octanol–water partition coefficient (Wildman–Crippen LogP) is 3.97. The molecule has 166 valence electrons. The molecule has 1 aromatic carbocycles. The fraction of sp³-hybridized carbons (Fsp3) is 0.375. The lowest BCUT2D eigenvalue weighted by atomic mass is 10.0. The number of halogens is 1. The number of hydrogen-bond acceptors (Lipinski definition) is 6. The number of aromatic nitrogens is 4. The summed E-state index contributed by atoms with van der Waals surface area (Å²) in [4.78, 5) is 7.13. The van der Waals surface area contributed by atoms with Crippen LogP contribution in [-0.2, 0) is 0 Å². The molecule has 2 atom stereocenters. The van der Waals surface area contributed by atoms with Gasteiger partial charge in [-0.2, -0.15) is 0 Å². The van der Waals surface area contributed by atoms with Crippen molar-refractivity contribution in [2.45, 2.75) is 38.8 Å². The third kappa shape index (κ3) is 3.69. The van der Waals surface area contributed by atoms with E-state index in [2.05, 4.69) is 41.2 Å². The molecule has 1 saturated heterocycles. The second-order valence-corrected chi connectivity index (χ2v) is 8.87. The second-order valence-electron chi connectivity index (χ2n) is 8.87. The molecule has 8 heteroatoms. The van der Waals surface area contributed by atoms with E-state index in [1.165, 1.54) is 6.07 Å². The summed E-state index contributed by atoms with van der Waals surface area (Å²) in [5, 5.41) is 9.40. The normalized spacial score (nSPS) is 20.3. The summed E-state index contributed by atoms with van der Waals surface area (Å²) in [5.74, 6) is 0.448. The molecule has 5 rings (SSSR count). The van der Waals surface area contributed by atoms with E-state index in [4.69, 9.17) is 15.5 Å². The number of likely N-dealkylation sites (tertiary alicyclic amines) is 1. The van der Waals surface area contributed by atoms with E-state index >= 15 is 0 Å². The first kappa shape index (κ1) is 20.8. The Kier molecular flexibility index (Phi) is 5.06. The summed E-state index contributed by atoms with van der Waals surface area (Å²) in [6.07, 6.45) is 3.06. The molecule has 7 nitrogen and oxygen atoms in total. The molecular formula is C24H27FN6O. The SMILES string of the molecule is CCOc1cc2nc(-c3nnc4ccc([C@H](C)N5CC[C@@](C)(N)C5)cn34)ccc2cc1F. The quantitative estimate of drug-likeness (QED) is 0.512. The molecule has 0 bridgehead atoms. The van der Waals surface area contributed by atoms with Crippen LogP contribution < -0.4 is 10.5 Å². The van der Waals surface area contributed by atoms with Crippen molar-refractivity contribution in [3.8, 4) is 17.3 Å². The minimum atomic E-state index is -0.393. The summed E-state index contributed by atoms with van der Waals surface area (Å²) in [5.41, 5.74) is 9.42. The third-order valence-corrected chi connectivity index (χ3v) is 6.26. The molecule has 0 spiro atoms. The number of rotatable bonds is 5. The Balaban J connectivity index is 1.53. The van der Waals surface area contributed by atoms with E-state index in [9.17, 15) is 4.39 Å². The van der Waals surface area contributed by atoms with Crippen molar-refractivity contribution in [2.24, 2.45) is 5.73 Å². The highest BCUT2D eigenvalue weighted by Gasteiger charge is 2.32. The van der Waals surface area contributed by atoms with Crippen LogP contribution in [0.25, 0.3) is 28.1 Å². The molecule has 32 heavy (non-hydrogen) atoms. The Labute approximate surface area is 186 Å². The van der Waals surface area contributed by atoms with Gasteiger partial charge in [0.05, 0.1) is 12.1 Å². The monoisotopic (exact) mass is 434 g/mol. The number of benzene rings is 1. The highest BCUT2D eigenvalue weighted by molar-refractivity contribution is 5.82. The average molecular weight is 435 g/mol. The summed E-state index contributed by atoms with van der Waals surface area (Å²) in [6, 6.07) is 11.1. The van der Waals surface area contributed by atoms with E-state index in [-0.39, 0.29) is 17.3 Å². The van der Waals surface area contributed by atoms with Gasteiger partial charge in [0.1, 0.15) is 5.69 Å². The van der Waals surface area contributed by atoms with Gasteiger partial charge in [-0.25, -0.2) is 9.37 Å². The lowest BCUT2D eigenvalue weighted by Crippen LogP contribution is -2.39. The highest BCUT2D eigenvalue weighted by Crippen LogP contribution is 2.30. The summed E-state index contributed by atoms with van der Waals surface area (Å²) >= 11 is 0. The highest BCUT2D eigenvalue weighted by atomic mass is 19.1. The van der Waals surface area contributed by atoms with E-state index < -0.39 is 5.82 Å². The van der Waals surface area contributed by atoms with Gasteiger partial charge in [0.2, 0.25) is 0 Å². The number of fused-ring (bicyclic) bond motifs is 2. The van der Waals surface area contributed by atoms with Gasteiger partial charge in [-0.3, -0.25) is 9.30 Å². The van der Waals surface area contributed by atoms with Crippen LogP contribution in [0.1, 0.15) is 38.8 Å². The van der Waals surface area contributed by atoms with Crippen LogP contribution in [0.5, 0.6) is 5.75 Å². The maximum Gasteiger partial charge on any atom is 0.187 e. The molecule has 2 N–H and O–H groups in total. The van der Waals surface area contributed by atoms with Crippen molar-refractivity contribution >= 4 is 16.6 Å². The molecule has 0 amide bonds. The van der Waals surface area contributed by atoms with E-state index in [0.717, 1.165) is 30.7 Å². The number of nitrogens with zero attached hydrogens (tertiary/aromatic N) is 5. The molecular weight excluding hydrogens is 407 g/mol. The average Bonchev–Trinajstić information content (AvgIpc) is 3.36. The van der Waals surface area contributed by atoms with E-state index in [1.807, 2.05) is 29.5 Å². The van der Waals surface area contributed by atoms with Crippen molar-refractivity contribution in [3.63, 3.8) is 0 Å². The minimum absolute atomic E-state index is 0.144. The predicted molar refractivity (Wildman–Crippen MR) is 122 cm³/mol. The Hall–Kier alpha value is -3.10. The van der Waals surface area contributed by atoms with Crippen LogP contribution in [0.15, 0.2) is 42.6 Å². The Morgan fingerprint density at radius 1 is 1.22 bits per heavy atom. The number of ether oxygens (including phenoxy) is 1. The van der Waals surface area contributed by atoms with Gasteiger partial charge in [-0.1, -0.05) is 12.1 Å². The van der Waals surface area contributed by atoms with Crippen LogP contribution in [0.3, 0.4) is 0 Å². The minimum Gasteiger partial charge on any atom is -0.491 e. The van der Waals surface area contributed by atoms with Gasteiger partial charge in [0.15, 0.2) is 23.0 Å². The van der Waals surface area contributed by atoms with Gasteiger partial charge >= 0.3 is 0 Å². The van der Waals surface area contributed by atoms with Gasteiger partial charge < -0.3 is 10.5 Å². The van der Waals surface area contributed by atoms with Gasteiger partial charge in [-0.05, 0) is 51.0 Å². The summed E-state index contributed by atoms with van der Waals surface area (Å²) in [7, 11) is 0. The first-order valence-corrected chi connectivity index (χ1v) is 11.0. The lowest BCUT2D eigenvalue weighted by molar-refractivity contribution is 0.248. The molecule has 4 heterocycles. The zero-order valence-corrected chi connectivity index (χ0v) is 18.5. The molecule has 0 saturated carbocycles. The molecule has 0 unspecified atom stereocenters. The summed E-state index contributed by atoms with van der Waals surface area (Å²) < 4.78 is 21.5. The Morgan fingerprint density at radius 2 is 2.06 bits per heavy atom. The summed E-state index contributed by atoms with van der Waals surface area (Å²) in [6.45, 7) is 8.36. The molecule has 0 aliphatic carbocycles. The topological polar surface area (TPSA) is 81.6 Å². The van der Waals surface area contributed by atoms with Gasteiger partial charge in [0.25, 0.3) is 0 Å². The number of pyridine rings is 2. The van der Waals surface area contributed by atoms with E-state index in [0.29, 0.717) is 29.0 Å². The maximum atomic E-state index is 14.2. The molecule has 3 aromatic heterocycles. The number of hydrogen-bond donors (Lipinski definition) is 1. The largest absolute Gasteiger partial charge is 0.491 e. The lowest BCUT2D eigenvalue weighted by Gasteiger charge is -2.26. The van der Waals surface area contributed by atoms with Crippen LogP contribution in [0.2, 0.25) is 0 Å². The van der Waals surface area contributed by atoms with E-state index in [1.54, 1.807) is 6.07 Å². The molecule has 1 fully saturated rings. The Morgan fingerprint density at radius 3 is 2.81 bits per heavy atom.